The highest BCUT2D eigenvalue weighted by atomic mass is 35.5. The highest BCUT2D eigenvalue weighted by Crippen LogP contribution is 2.23. The van der Waals surface area contributed by atoms with Crippen LogP contribution in [0.25, 0.3) is 11.3 Å². The minimum absolute atomic E-state index is 0.559. The second kappa shape index (κ2) is 8.19. The van der Waals surface area contributed by atoms with Gasteiger partial charge in [-0.25, -0.2) is 4.98 Å². The summed E-state index contributed by atoms with van der Waals surface area (Å²) in [6.45, 7) is 0.729. The Morgan fingerprint density at radius 1 is 1.25 bits per heavy atom. The van der Waals surface area contributed by atoms with E-state index in [0.29, 0.717) is 5.11 Å². The number of rotatable bonds is 5. The average molecular weight is 375 g/mol. The van der Waals surface area contributed by atoms with Crippen LogP contribution in [0.15, 0.2) is 54.2 Å². The van der Waals surface area contributed by atoms with E-state index >= 15 is 0 Å². The van der Waals surface area contributed by atoms with Gasteiger partial charge >= 0.3 is 0 Å². The molecular formula is C17H15ClN4S2. The molecule has 122 valence electrons. The van der Waals surface area contributed by atoms with Crippen LogP contribution >= 0.6 is 35.2 Å². The molecule has 0 spiro atoms. The lowest BCUT2D eigenvalue weighted by atomic mass is 10.1. The maximum atomic E-state index is 5.98. The van der Waals surface area contributed by atoms with Crippen molar-refractivity contribution in [1.82, 2.24) is 15.3 Å². The molecule has 0 atom stereocenters. The maximum absolute atomic E-state index is 5.98. The van der Waals surface area contributed by atoms with Crippen molar-refractivity contribution in [2.24, 2.45) is 0 Å². The van der Waals surface area contributed by atoms with Crippen LogP contribution in [-0.2, 0) is 6.42 Å². The molecule has 2 heterocycles. The Kier molecular flexibility index (Phi) is 5.74. The van der Waals surface area contributed by atoms with Crippen LogP contribution < -0.4 is 10.6 Å². The molecule has 3 rings (SSSR count). The third-order valence-corrected chi connectivity index (χ3v) is 4.51. The lowest BCUT2D eigenvalue weighted by Gasteiger charge is -2.08. The van der Waals surface area contributed by atoms with E-state index in [4.69, 9.17) is 23.8 Å². The van der Waals surface area contributed by atoms with Crippen LogP contribution in [0.5, 0.6) is 0 Å². The lowest BCUT2D eigenvalue weighted by Crippen LogP contribution is -2.30. The first kappa shape index (κ1) is 16.8. The van der Waals surface area contributed by atoms with Crippen molar-refractivity contribution in [3.05, 3.63) is 64.8 Å². The molecule has 0 radical (unpaired) electrons. The van der Waals surface area contributed by atoms with Crippen molar-refractivity contribution in [3.8, 4) is 11.3 Å². The largest absolute Gasteiger partial charge is 0.362 e. The van der Waals surface area contributed by atoms with Gasteiger partial charge in [-0.05, 0) is 48.5 Å². The van der Waals surface area contributed by atoms with Gasteiger partial charge in [0.25, 0.3) is 0 Å². The summed E-state index contributed by atoms with van der Waals surface area (Å²) >= 11 is 12.8. The Hall–Kier alpha value is -2.02. The van der Waals surface area contributed by atoms with E-state index in [1.807, 2.05) is 41.8 Å². The Bertz CT molecular complexity index is 820. The first-order valence-electron chi connectivity index (χ1n) is 7.36. The zero-order valence-corrected chi connectivity index (χ0v) is 15.1. The molecule has 0 fully saturated rings. The summed E-state index contributed by atoms with van der Waals surface area (Å²) in [5.74, 6) is 0. The molecule has 0 aliphatic carbocycles. The van der Waals surface area contributed by atoms with Crippen molar-refractivity contribution in [2.75, 3.05) is 11.9 Å². The molecular weight excluding hydrogens is 360 g/mol. The maximum Gasteiger partial charge on any atom is 0.189 e. The SMILES string of the molecule is S=C(NCCc1cccc(Cl)c1)Nc1nc(-c2cccnc2)cs1. The van der Waals surface area contributed by atoms with Crippen LogP contribution in [0.2, 0.25) is 5.02 Å². The van der Waals surface area contributed by atoms with Crippen LogP contribution in [0.3, 0.4) is 0 Å². The Morgan fingerprint density at radius 3 is 2.96 bits per heavy atom. The smallest absolute Gasteiger partial charge is 0.189 e. The van der Waals surface area contributed by atoms with Crippen LogP contribution in [0.1, 0.15) is 5.56 Å². The fourth-order valence-electron chi connectivity index (χ4n) is 2.13. The molecule has 7 heteroatoms. The summed E-state index contributed by atoms with van der Waals surface area (Å²) in [5.41, 5.74) is 3.05. The van der Waals surface area contributed by atoms with Crippen molar-refractivity contribution >= 4 is 45.4 Å². The molecule has 0 aliphatic rings. The number of benzene rings is 1. The number of anilines is 1. The number of aromatic nitrogens is 2. The van der Waals surface area contributed by atoms with E-state index in [0.717, 1.165) is 34.4 Å². The molecule has 0 saturated heterocycles. The van der Waals surface area contributed by atoms with E-state index in [1.54, 1.807) is 12.4 Å². The molecule has 2 N–H and O–H groups in total. The monoisotopic (exact) mass is 374 g/mol. The third-order valence-electron chi connectivity index (χ3n) is 3.27. The molecule has 2 aromatic heterocycles. The van der Waals surface area contributed by atoms with Gasteiger partial charge in [0, 0.05) is 34.9 Å². The molecule has 24 heavy (non-hydrogen) atoms. The van der Waals surface area contributed by atoms with E-state index in [1.165, 1.54) is 16.9 Å². The number of thiazole rings is 1. The normalized spacial score (nSPS) is 10.4. The molecule has 0 amide bonds. The minimum Gasteiger partial charge on any atom is -0.362 e. The average Bonchev–Trinajstić information content (AvgIpc) is 3.04. The van der Waals surface area contributed by atoms with Gasteiger partial charge in [0.2, 0.25) is 0 Å². The van der Waals surface area contributed by atoms with Gasteiger partial charge in [-0.1, -0.05) is 23.7 Å². The molecule has 0 unspecified atom stereocenters. The van der Waals surface area contributed by atoms with Gasteiger partial charge in [0.05, 0.1) is 5.69 Å². The van der Waals surface area contributed by atoms with Gasteiger partial charge < -0.3 is 10.6 Å². The number of thiocarbonyl (C=S) groups is 1. The summed E-state index contributed by atoms with van der Waals surface area (Å²) in [4.78, 5) is 8.62. The molecule has 0 saturated carbocycles. The van der Waals surface area contributed by atoms with Crippen molar-refractivity contribution in [3.63, 3.8) is 0 Å². The topological polar surface area (TPSA) is 49.8 Å². The Balaban J connectivity index is 1.49. The molecule has 0 bridgehead atoms. The highest BCUT2D eigenvalue weighted by Gasteiger charge is 2.06. The second-order valence-corrected chi connectivity index (χ2v) is 6.74. The summed E-state index contributed by atoms with van der Waals surface area (Å²) in [6.07, 6.45) is 4.38. The highest BCUT2D eigenvalue weighted by molar-refractivity contribution is 7.80. The lowest BCUT2D eigenvalue weighted by molar-refractivity contribution is 0.873. The van der Waals surface area contributed by atoms with Gasteiger partial charge in [-0.3, -0.25) is 4.98 Å². The van der Waals surface area contributed by atoms with Crippen molar-refractivity contribution in [2.45, 2.75) is 6.42 Å². The number of pyridine rings is 1. The van der Waals surface area contributed by atoms with Crippen LogP contribution in [0, 0.1) is 0 Å². The van der Waals surface area contributed by atoms with E-state index in [9.17, 15) is 0 Å². The quantitative estimate of drug-likeness (QED) is 0.649. The van der Waals surface area contributed by atoms with Gasteiger partial charge in [-0.2, -0.15) is 0 Å². The summed E-state index contributed by atoms with van der Waals surface area (Å²) in [6, 6.07) is 11.7. The zero-order valence-electron chi connectivity index (χ0n) is 12.7. The predicted octanol–water partition coefficient (Wildman–Crippen LogP) is 4.39. The van der Waals surface area contributed by atoms with Crippen LogP contribution in [0.4, 0.5) is 5.13 Å². The van der Waals surface area contributed by atoms with E-state index < -0.39 is 0 Å². The summed E-state index contributed by atoms with van der Waals surface area (Å²) < 4.78 is 0. The summed E-state index contributed by atoms with van der Waals surface area (Å²) in [7, 11) is 0. The van der Waals surface area contributed by atoms with Gasteiger partial charge in [0.15, 0.2) is 10.2 Å². The number of hydrogen-bond donors (Lipinski definition) is 2. The Morgan fingerprint density at radius 2 is 2.17 bits per heavy atom. The third kappa shape index (κ3) is 4.74. The predicted molar refractivity (Wildman–Crippen MR) is 105 cm³/mol. The van der Waals surface area contributed by atoms with E-state index in [-0.39, 0.29) is 0 Å². The number of halogens is 1. The number of nitrogens with zero attached hydrogens (tertiary/aromatic N) is 2. The van der Waals surface area contributed by atoms with Gasteiger partial charge in [0.1, 0.15) is 0 Å². The fraction of sp³-hybridized carbons (Fsp3) is 0.118. The number of nitrogens with one attached hydrogen (secondary N) is 2. The van der Waals surface area contributed by atoms with Gasteiger partial charge in [-0.15, -0.1) is 11.3 Å². The van der Waals surface area contributed by atoms with Crippen molar-refractivity contribution in [1.29, 1.82) is 0 Å². The molecule has 1 aromatic carbocycles. The molecule has 3 aromatic rings. The van der Waals surface area contributed by atoms with E-state index in [2.05, 4.69) is 20.6 Å². The molecule has 0 aliphatic heterocycles. The zero-order chi connectivity index (χ0) is 16.8. The Labute approximate surface area is 154 Å². The first-order valence-corrected chi connectivity index (χ1v) is 9.02. The molecule has 4 nitrogen and oxygen atoms in total. The summed E-state index contributed by atoms with van der Waals surface area (Å²) in [5, 5.41) is 10.3. The number of hydrogen-bond acceptors (Lipinski definition) is 4. The first-order chi connectivity index (χ1) is 11.7. The van der Waals surface area contributed by atoms with Crippen LogP contribution in [-0.4, -0.2) is 21.6 Å². The standard InChI is InChI=1S/C17H15ClN4S2/c18-14-5-1-3-12(9-14)6-8-20-16(23)22-17-21-15(11-24-17)13-4-2-7-19-10-13/h1-5,7,9-11H,6,8H2,(H2,20,21,22,23). The van der Waals surface area contributed by atoms with Crippen molar-refractivity contribution < 1.29 is 0 Å². The fourth-order valence-corrected chi connectivity index (χ4v) is 3.33. The second-order valence-electron chi connectivity index (χ2n) is 5.04. The minimum atomic E-state index is 0.559.